The van der Waals surface area contributed by atoms with Gasteiger partial charge >= 0.3 is 0 Å². The highest BCUT2D eigenvalue weighted by molar-refractivity contribution is 5.94. The molecule has 2 aromatic rings. The molecular formula is C17H21N3O4. The highest BCUT2D eigenvalue weighted by Crippen LogP contribution is 2.38. The molecule has 2 aliphatic rings. The molecule has 1 aliphatic heterocycles. The number of hydrogen-bond acceptors (Lipinski definition) is 6. The van der Waals surface area contributed by atoms with Gasteiger partial charge in [0.15, 0.2) is 5.82 Å². The normalized spacial score (nSPS) is 24.3. The number of carbonyl (C=O) groups is 1. The second-order valence-corrected chi connectivity index (χ2v) is 7.00. The van der Waals surface area contributed by atoms with Crippen molar-refractivity contribution in [1.82, 2.24) is 15.0 Å². The van der Waals surface area contributed by atoms with Crippen molar-refractivity contribution >= 4 is 5.91 Å². The lowest BCUT2D eigenvalue weighted by Crippen LogP contribution is -2.51. The maximum absolute atomic E-state index is 12.6. The first-order chi connectivity index (χ1) is 11.5. The molecule has 24 heavy (non-hydrogen) atoms. The van der Waals surface area contributed by atoms with Gasteiger partial charge in [-0.15, -0.1) is 0 Å². The zero-order chi connectivity index (χ0) is 16.7. The largest absolute Gasteiger partial charge is 0.469 e. The number of rotatable bonds is 4. The van der Waals surface area contributed by atoms with E-state index >= 15 is 0 Å². The first-order valence-corrected chi connectivity index (χ1v) is 8.42. The zero-order valence-electron chi connectivity index (χ0n) is 13.7. The first-order valence-electron chi connectivity index (χ1n) is 8.42. The van der Waals surface area contributed by atoms with Crippen LogP contribution in [0.4, 0.5) is 0 Å². The number of piperidine rings is 1. The third-order valence-corrected chi connectivity index (χ3v) is 4.73. The Morgan fingerprint density at radius 3 is 3.04 bits per heavy atom. The lowest BCUT2D eigenvalue weighted by atomic mass is 9.89. The van der Waals surface area contributed by atoms with Gasteiger partial charge in [-0.2, -0.15) is 4.98 Å². The molecule has 0 bridgehead atoms. The summed E-state index contributed by atoms with van der Waals surface area (Å²) in [5.74, 6) is 2.20. The molecule has 0 spiro atoms. The summed E-state index contributed by atoms with van der Waals surface area (Å²) in [6.07, 6.45) is 5.31. The molecule has 1 saturated carbocycles. The van der Waals surface area contributed by atoms with Crippen molar-refractivity contribution in [3.05, 3.63) is 35.4 Å². The summed E-state index contributed by atoms with van der Waals surface area (Å²) in [6, 6.07) is 1.72. The van der Waals surface area contributed by atoms with E-state index in [-0.39, 0.29) is 18.9 Å². The fourth-order valence-electron chi connectivity index (χ4n) is 3.30. The van der Waals surface area contributed by atoms with Crippen LogP contribution in [0.2, 0.25) is 0 Å². The molecule has 1 aliphatic carbocycles. The monoisotopic (exact) mass is 331 g/mol. The maximum atomic E-state index is 12.6. The van der Waals surface area contributed by atoms with E-state index in [1.165, 1.54) is 6.26 Å². The predicted molar refractivity (Wildman–Crippen MR) is 83.5 cm³/mol. The number of likely N-dealkylation sites (tertiary alicyclic amines) is 1. The van der Waals surface area contributed by atoms with Crippen molar-refractivity contribution in [3.63, 3.8) is 0 Å². The van der Waals surface area contributed by atoms with Gasteiger partial charge in [0.1, 0.15) is 12.0 Å². The Balaban J connectivity index is 1.45. The van der Waals surface area contributed by atoms with Gasteiger partial charge in [-0.3, -0.25) is 4.79 Å². The first kappa shape index (κ1) is 15.4. The molecule has 0 radical (unpaired) electrons. The van der Waals surface area contributed by atoms with Gasteiger partial charge in [0.2, 0.25) is 5.89 Å². The van der Waals surface area contributed by atoms with E-state index in [2.05, 4.69) is 10.1 Å². The Hall–Kier alpha value is -2.15. The van der Waals surface area contributed by atoms with Gasteiger partial charge in [-0.05, 0) is 38.7 Å². The molecule has 2 aromatic heterocycles. The highest BCUT2D eigenvalue weighted by atomic mass is 16.5. The van der Waals surface area contributed by atoms with Crippen LogP contribution >= 0.6 is 0 Å². The van der Waals surface area contributed by atoms with Gasteiger partial charge in [0, 0.05) is 12.5 Å². The molecule has 1 atom stereocenters. The number of nitrogens with zero attached hydrogens (tertiary/aromatic N) is 3. The fraction of sp³-hybridized carbons (Fsp3) is 0.588. The number of aromatic nitrogens is 2. The molecule has 7 heteroatoms. The summed E-state index contributed by atoms with van der Waals surface area (Å²) in [7, 11) is 0. The molecule has 7 nitrogen and oxygen atoms in total. The van der Waals surface area contributed by atoms with E-state index in [9.17, 15) is 9.90 Å². The number of aryl methyl sites for hydroxylation is 1. The predicted octanol–water partition coefficient (Wildman–Crippen LogP) is 2.06. The molecule has 1 saturated heterocycles. The van der Waals surface area contributed by atoms with Gasteiger partial charge in [-0.1, -0.05) is 5.16 Å². The molecule has 0 aromatic carbocycles. The van der Waals surface area contributed by atoms with Crippen LogP contribution in [0.15, 0.2) is 21.3 Å². The van der Waals surface area contributed by atoms with Crippen LogP contribution in [0.1, 0.15) is 59.4 Å². The van der Waals surface area contributed by atoms with Crippen LogP contribution in [0.25, 0.3) is 0 Å². The van der Waals surface area contributed by atoms with Gasteiger partial charge in [-0.25, -0.2) is 0 Å². The van der Waals surface area contributed by atoms with Crippen molar-refractivity contribution in [2.75, 3.05) is 13.1 Å². The lowest BCUT2D eigenvalue weighted by Gasteiger charge is -2.38. The topological polar surface area (TPSA) is 92.6 Å². The van der Waals surface area contributed by atoms with E-state index in [0.717, 1.165) is 25.1 Å². The van der Waals surface area contributed by atoms with Gasteiger partial charge < -0.3 is 18.9 Å². The molecule has 1 unspecified atom stereocenters. The molecule has 1 amide bonds. The van der Waals surface area contributed by atoms with Crippen LogP contribution < -0.4 is 0 Å². The summed E-state index contributed by atoms with van der Waals surface area (Å²) in [4.78, 5) is 18.6. The van der Waals surface area contributed by atoms with Crippen LogP contribution in [0.5, 0.6) is 0 Å². The van der Waals surface area contributed by atoms with Gasteiger partial charge in [0.05, 0.1) is 24.1 Å². The van der Waals surface area contributed by atoms with Crippen molar-refractivity contribution in [1.29, 1.82) is 0 Å². The summed E-state index contributed by atoms with van der Waals surface area (Å²) in [5.41, 5.74) is -0.509. The lowest BCUT2D eigenvalue weighted by molar-refractivity contribution is -0.0286. The Labute approximate surface area is 139 Å². The number of carbonyl (C=O) groups excluding carboxylic acids is 1. The molecular weight excluding hydrogens is 310 g/mol. The second kappa shape index (κ2) is 5.73. The average molecular weight is 331 g/mol. The van der Waals surface area contributed by atoms with E-state index in [1.54, 1.807) is 17.9 Å². The van der Waals surface area contributed by atoms with Crippen LogP contribution in [0, 0.1) is 6.92 Å². The standard InChI is InChI=1S/C17H21N3O4/c1-11-7-13(9-23-11)16(21)20-6-2-5-17(22,10-20)8-14-18-15(19-24-14)12-3-4-12/h7,9,12,22H,2-6,8,10H2,1H3. The smallest absolute Gasteiger partial charge is 0.257 e. The molecule has 4 rings (SSSR count). The third kappa shape index (κ3) is 3.08. The van der Waals surface area contributed by atoms with Crippen molar-refractivity contribution in [2.24, 2.45) is 0 Å². The van der Waals surface area contributed by atoms with Crippen molar-refractivity contribution in [2.45, 2.75) is 50.5 Å². The molecule has 128 valence electrons. The quantitative estimate of drug-likeness (QED) is 0.922. The summed E-state index contributed by atoms with van der Waals surface area (Å²) in [5, 5.41) is 14.9. The van der Waals surface area contributed by atoms with E-state index in [1.807, 2.05) is 0 Å². The zero-order valence-corrected chi connectivity index (χ0v) is 13.7. The maximum Gasteiger partial charge on any atom is 0.257 e. The number of furan rings is 1. The third-order valence-electron chi connectivity index (χ3n) is 4.73. The number of β-amino-alcohol motifs (C(OH)–C–C–N with tert-alkyl or cyclic N) is 1. The van der Waals surface area contributed by atoms with Crippen LogP contribution in [-0.4, -0.2) is 44.7 Å². The Morgan fingerprint density at radius 1 is 1.50 bits per heavy atom. The molecule has 1 N–H and O–H groups in total. The summed E-state index contributed by atoms with van der Waals surface area (Å²) in [6.45, 7) is 2.69. The fourth-order valence-corrected chi connectivity index (χ4v) is 3.30. The SMILES string of the molecule is Cc1cc(C(=O)N2CCCC(O)(Cc3nc(C4CC4)no3)C2)co1. The van der Waals surface area contributed by atoms with E-state index in [4.69, 9.17) is 8.94 Å². The van der Waals surface area contributed by atoms with E-state index in [0.29, 0.717) is 36.1 Å². The molecule has 3 heterocycles. The second-order valence-electron chi connectivity index (χ2n) is 7.00. The summed E-state index contributed by atoms with van der Waals surface area (Å²) < 4.78 is 10.5. The minimum Gasteiger partial charge on any atom is -0.469 e. The number of hydrogen-bond donors (Lipinski definition) is 1. The van der Waals surface area contributed by atoms with Crippen LogP contribution in [-0.2, 0) is 6.42 Å². The minimum atomic E-state index is -1.03. The Morgan fingerprint density at radius 2 is 2.33 bits per heavy atom. The number of amides is 1. The average Bonchev–Trinajstić information content (AvgIpc) is 3.16. The number of aliphatic hydroxyl groups is 1. The van der Waals surface area contributed by atoms with Crippen molar-refractivity contribution in [3.8, 4) is 0 Å². The van der Waals surface area contributed by atoms with E-state index < -0.39 is 5.60 Å². The Kier molecular flexibility index (Phi) is 3.68. The van der Waals surface area contributed by atoms with Crippen LogP contribution in [0.3, 0.4) is 0 Å². The summed E-state index contributed by atoms with van der Waals surface area (Å²) >= 11 is 0. The Bertz CT molecular complexity index is 749. The van der Waals surface area contributed by atoms with Gasteiger partial charge in [0.25, 0.3) is 5.91 Å². The minimum absolute atomic E-state index is 0.117. The highest BCUT2D eigenvalue weighted by Gasteiger charge is 2.38. The van der Waals surface area contributed by atoms with Crippen molar-refractivity contribution < 1.29 is 18.8 Å². The molecule has 2 fully saturated rings.